The van der Waals surface area contributed by atoms with Crippen molar-refractivity contribution in [3.8, 4) is 22.6 Å². The van der Waals surface area contributed by atoms with Crippen LogP contribution in [0.1, 0.15) is 10.5 Å². The van der Waals surface area contributed by atoms with Crippen LogP contribution in [0.3, 0.4) is 0 Å². The van der Waals surface area contributed by atoms with Crippen LogP contribution >= 0.6 is 0 Å². The van der Waals surface area contributed by atoms with Gasteiger partial charge in [-0.2, -0.15) is 0 Å². The van der Waals surface area contributed by atoms with Gasteiger partial charge >= 0.3 is 0 Å². The third-order valence-corrected chi connectivity index (χ3v) is 4.45. The lowest BCUT2D eigenvalue weighted by molar-refractivity contribution is 0.101. The molecule has 0 saturated carbocycles. The molecule has 0 unspecified atom stereocenters. The molecule has 2 aromatic carbocycles. The Labute approximate surface area is 165 Å². The van der Waals surface area contributed by atoms with E-state index in [1.807, 2.05) is 77.5 Å². The number of hydrogen-bond donors (Lipinski definition) is 1. The topological polar surface area (TPSA) is 85.3 Å². The molecular formula is C22H15N5O2. The van der Waals surface area contributed by atoms with Crippen LogP contribution in [0.2, 0.25) is 0 Å². The second-order valence-electron chi connectivity index (χ2n) is 6.43. The van der Waals surface area contributed by atoms with Gasteiger partial charge in [-0.3, -0.25) is 9.20 Å². The number of carbonyl (C=O) groups is 1. The fourth-order valence-electron chi connectivity index (χ4n) is 3.04. The summed E-state index contributed by atoms with van der Waals surface area (Å²) in [6.07, 6.45) is 5.48. The average molecular weight is 381 g/mol. The normalized spacial score (nSPS) is 10.9. The smallest absolute Gasteiger partial charge is 0.277 e. The molecule has 0 fully saturated rings. The van der Waals surface area contributed by atoms with E-state index in [-0.39, 0.29) is 11.6 Å². The summed E-state index contributed by atoms with van der Waals surface area (Å²) >= 11 is 0. The van der Waals surface area contributed by atoms with E-state index in [1.165, 1.54) is 0 Å². The minimum Gasteiger partial charge on any atom is -0.355 e. The highest BCUT2D eigenvalue weighted by molar-refractivity contribution is 6.03. The first kappa shape index (κ1) is 16.9. The average Bonchev–Trinajstić information content (AvgIpc) is 3.42. The lowest BCUT2D eigenvalue weighted by Crippen LogP contribution is -2.12. The fraction of sp³-hybridized carbons (Fsp3) is 0. The summed E-state index contributed by atoms with van der Waals surface area (Å²) in [6, 6.07) is 20.5. The van der Waals surface area contributed by atoms with Crippen LogP contribution in [0.4, 0.5) is 5.69 Å². The van der Waals surface area contributed by atoms with Gasteiger partial charge in [0.25, 0.3) is 5.91 Å². The molecular weight excluding hydrogens is 366 g/mol. The molecule has 5 rings (SSSR count). The molecule has 5 aromatic rings. The number of amides is 1. The highest BCUT2D eigenvalue weighted by atomic mass is 16.5. The number of nitrogens with zero attached hydrogens (tertiary/aromatic N) is 4. The highest BCUT2D eigenvalue weighted by Crippen LogP contribution is 2.23. The van der Waals surface area contributed by atoms with Gasteiger partial charge in [0.2, 0.25) is 5.78 Å². The van der Waals surface area contributed by atoms with Gasteiger partial charge < -0.3 is 9.84 Å². The summed E-state index contributed by atoms with van der Waals surface area (Å²) in [7, 11) is 0. The van der Waals surface area contributed by atoms with Gasteiger partial charge in [0, 0.05) is 41.5 Å². The highest BCUT2D eigenvalue weighted by Gasteiger charge is 2.14. The lowest BCUT2D eigenvalue weighted by Gasteiger charge is -2.04. The van der Waals surface area contributed by atoms with Crippen molar-refractivity contribution in [1.29, 1.82) is 0 Å². The predicted molar refractivity (Wildman–Crippen MR) is 108 cm³/mol. The zero-order valence-corrected chi connectivity index (χ0v) is 15.2. The zero-order chi connectivity index (χ0) is 19.6. The van der Waals surface area contributed by atoms with Crippen molar-refractivity contribution in [2.45, 2.75) is 0 Å². The number of anilines is 1. The molecule has 3 heterocycles. The molecule has 29 heavy (non-hydrogen) atoms. The van der Waals surface area contributed by atoms with Crippen LogP contribution in [0.25, 0.3) is 28.4 Å². The van der Waals surface area contributed by atoms with Crippen LogP contribution < -0.4 is 5.32 Å². The Morgan fingerprint density at radius 3 is 2.69 bits per heavy atom. The van der Waals surface area contributed by atoms with Gasteiger partial charge in [0.1, 0.15) is 0 Å². The molecule has 7 heteroatoms. The van der Waals surface area contributed by atoms with Gasteiger partial charge in [0.15, 0.2) is 11.5 Å². The molecule has 0 radical (unpaired) electrons. The van der Waals surface area contributed by atoms with E-state index in [4.69, 9.17) is 4.52 Å². The summed E-state index contributed by atoms with van der Waals surface area (Å²) < 4.78 is 7.15. The Hall–Kier alpha value is -4.26. The third kappa shape index (κ3) is 3.37. The lowest BCUT2D eigenvalue weighted by atomic mass is 10.1. The van der Waals surface area contributed by atoms with Crippen molar-refractivity contribution in [2.75, 3.05) is 5.32 Å². The molecule has 0 atom stereocenters. The molecule has 7 nitrogen and oxygen atoms in total. The Bertz CT molecular complexity index is 1270. The van der Waals surface area contributed by atoms with Crippen molar-refractivity contribution in [3.05, 3.63) is 91.0 Å². The summed E-state index contributed by atoms with van der Waals surface area (Å²) in [5, 5.41) is 6.74. The van der Waals surface area contributed by atoms with Crippen molar-refractivity contribution >= 4 is 17.4 Å². The number of fused-ring (bicyclic) bond motifs is 1. The molecule has 1 N–H and O–H groups in total. The van der Waals surface area contributed by atoms with Crippen LogP contribution in [0.5, 0.6) is 0 Å². The zero-order valence-electron chi connectivity index (χ0n) is 15.2. The molecule has 140 valence electrons. The molecule has 0 spiro atoms. The number of carbonyl (C=O) groups excluding carboxylic acids is 1. The Morgan fingerprint density at radius 1 is 0.966 bits per heavy atom. The molecule has 3 aromatic heterocycles. The maximum absolute atomic E-state index is 12.6. The first-order chi connectivity index (χ1) is 14.3. The van der Waals surface area contributed by atoms with Gasteiger partial charge in [-0.1, -0.05) is 47.6 Å². The van der Waals surface area contributed by atoms with E-state index in [0.29, 0.717) is 17.2 Å². The van der Waals surface area contributed by atoms with Crippen molar-refractivity contribution in [2.24, 2.45) is 0 Å². The summed E-state index contributed by atoms with van der Waals surface area (Å²) in [4.78, 5) is 21.3. The van der Waals surface area contributed by atoms with Crippen LogP contribution in [0.15, 0.2) is 89.8 Å². The van der Waals surface area contributed by atoms with Crippen LogP contribution in [-0.2, 0) is 0 Å². The minimum absolute atomic E-state index is 0.214. The number of nitrogens with one attached hydrogen (secondary N) is 1. The van der Waals surface area contributed by atoms with Gasteiger partial charge in [-0.25, -0.2) is 9.97 Å². The standard InChI is InChI=1S/C22H15N5O2/c28-21(18-13-20(29-26-18)15-6-2-1-3-7-15)24-17-9-4-8-16(12-17)19-14-27-11-5-10-23-22(27)25-19/h1-14H,(H,24,28). The van der Waals surface area contributed by atoms with Crippen molar-refractivity contribution < 1.29 is 9.32 Å². The summed E-state index contributed by atoms with van der Waals surface area (Å²) in [5.74, 6) is 0.819. The molecule has 0 aliphatic carbocycles. The van der Waals surface area contributed by atoms with Crippen molar-refractivity contribution in [3.63, 3.8) is 0 Å². The number of benzene rings is 2. The van der Waals surface area contributed by atoms with E-state index < -0.39 is 0 Å². The first-order valence-electron chi connectivity index (χ1n) is 9.00. The number of aromatic nitrogens is 4. The Balaban J connectivity index is 1.38. The number of rotatable bonds is 4. The van der Waals surface area contributed by atoms with Crippen molar-refractivity contribution in [1.82, 2.24) is 19.5 Å². The fourth-order valence-corrected chi connectivity index (χ4v) is 3.04. The maximum atomic E-state index is 12.6. The monoisotopic (exact) mass is 381 g/mol. The molecule has 1 amide bonds. The van der Waals surface area contributed by atoms with E-state index in [2.05, 4.69) is 20.4 Å². The van der Waals surface area contributed by atoms with E-state index >= 15 is 0 Å². The van der Waals surface area contributed by atoms with E-state index in [0.717, 1.165) is 16.8 Å². The molecule has 0 aliphatic rings. The maximum Gasteiger partial charge on any atom is 0.277 e. The quantitative estimate of drug-likeness (QED) is 0.502. The largest absolute Gasteiger partial charge is 0.355 e. The van der Waals surface area contributed by atoms with E-state index in [9.17, 15) is 4.79 Å². The predicted octanol–water partition coefficient (Wildman–Crippen LogP) is 4.30. The minimum atomic E-state index is -0.343. The number of imidazole rings is 1. The third-order valence-electron chi connectivity index (χ3n) is 4.45. The van der Waals surface area contributed by atoms with Gasteiger partial charge in [0.05, 0.1) is 5.69 Å². The second-order valence-corrected chi connectivity index (χ2v) is 6.43. The van der Waals surface area contributed by atoms with Crippen LogP contribution in [-0.4, -0.2) is 25.4 Å². The Kier molecular flexibility index (Phi) is 4.10. The van der Waals surface area contributed by atoms with Crippen LogP contribution in [0, 0.1) is 0 Å². The molecule has 0 aliphatic heterocycles. The Morgan fingerprint density at radius 2 is 1.83 bits per heavy atom. The van der Waals surface area contributed by atoms with Gasteiger partial charge in [-0.05, 0) is 18.2 Å². The molecule has 0 bridgehead atoms. The van der Waals surface area contributed by atoms with E-state index in [1.54, 1.807) is 12.3 Å². The summed E-state index contributed by atoms with van der Waals surface area (Å²) in [6.45, 7) is 0. The SMILES string of the molecule is O=C(Nc1cccc(-c2cn3cccnc3n2)c1)c1cc(-c2ccccc2)on1. The second kappa shape index (κ2) is 7.05. The van der Waals surface area contributed by atoms with Gasteiger partial charge in [-0.15, -0.1) is 0 Å². The summed E-state index contributed by atoms with van der Waals surface area (Å²) in [5.41, 5.74) is 3.36. The number of hydrogen-bond acceptors (Lipinski definition) is 5. The molecule has 0 saturated heterocycles. The first-order valence-corrected chi connectivity index (χ1v) is 9.00.